The molecule has 2 rings (SSSR count). The van der Waals surface area contributed by atoms with Crippen LogP contribution in [0.4, 0.5) is 5.69 Å². The van der Waals surface area contributed by atoms with Crippen molar-refractivity contribution in [3.63, 3.8) is 0 Å². The highest BCUT2D eigenvalue weighted by Crippen LogP contribution is 2.33. The molecular weight excluding hydrogens is 298 g/mol. The second-order valence-corrected chi connectivity index (χ2v) is 5.53. The van der Waals surface area contributed by atoms with Gasteiger partial charge in [0.05, 0.1) is 12.7 Å². The van der Waals surface area contributed by atoms with Gasteiger partial charge >= 0.3 is 5.97 Å². The lowest BCUT2D eigenvalue weighted by Crippen LogP contribution is -2.13. The zero-order chi connectivity index (χ0) is 17.0. The molecule has 0 atom stereocenters. The topological polar surface area (TPSA) is 88.8 Å². The van der Waals surface area contributed by atoms with Crippen molar-refractivity contribution in [1.29, 1.82) is 0 Å². The van der Waals surface area contributed by atoms with E-state index >= 15 is 0 Å². The quantitative estimate of drug-likeness (QED) is 0.849. The van der Waals surface area contributed by atoms with Crippen LogP contribution in [0.1, 0.15) is 30.8 Å². The van der Waals surface area contributed by atoms with Crippen molar-refractivity contribution in [1.82, 2.24) is 0 Å². The van der Waals surface area contributed by atoms with Crippen LogP contribution in [0.5, 0.6) is 5.75 Å². The summed E-state index contributed by atoms with van der Waals surface area (Å²) in [5.74, 6) is -0.233. The fraction of sp³-hybridized carbons (Fsp3) is 0.294. The zero-order valence-electron chi connectivity index (χ0n) is 13.3. The van der Waals surface area contributed by atoms with Crippen LogP contribution < -0.4 is 10.1 Å². The number of nitrogens with one attached hydrogen (secondary N) is 1. The first-order valence-corrected chi connectivity index (χ1v) is 7.22. The van der Waals surface area contributed by atoms with Crippen LogP contribution in [0, 0.1) is 5.92 Å². The summed E-state index contributed by atoms with van der Waals surface area (Å²) in [6.45, 7) is 3.94. The molecule has 0 saturated heterocycles. The molecular formula is C17H19NO5. The van der Waals surface area contributed by atoms with Crippen molar-refractivity contribution in [2.24, 2.45) is 5.92 Å². The maximum atomic E-state index is 11.9. The maximum absolute atomic E-state index is 11.9. The van der Waals surface area contributed by atoms with Gasteiger partial charge in [0.1, 0.15) is 11.5 Å². The Balaban J connectivity index is 2.31. The monoisotopic (exact) mass is 317 g/mol. The number of carboxylic acid groups (broad SMARTS) is 1. The molecule has 23 heavy (non-hydrogen) atoms. The smallest absolute Gasteiger partial charge is 0.371 e. The molecule has 1 amide bonds. The Labute approximate surface area is 134 Å². The van der Waals surface area contributed by atoms with Crippen molar-refractivity contribution >= 4 is 17.6 Å². The third kappa shape index (κ3) is 4.12. The van der Waals surface area contributed by atoms with Crippen LogP contribution >= 0.6 is 0 Å². The van der Waals surface area contributed by atoms with Crippen LogP contribution in [0.15, 0.2) is 34.7 Å². The maximum Gasteiger partial charge on any atom is 0.371 e. The van der Waals surface area contributed by atoms with Gasteiger partial charge in [-0.15, -0.1) is 0 Å². The molecule has 0 aliphatic carbocycles. The minimum absolute atomic E-state index is 0.0817. The van der Waals surface area contributed by atoms with Crippen LogP contribution in [-0.2, 0) is 4.79 Å². The Morgan fingerprint density at radius 2 is 2.00 bits per heavy atom. The average Bonchev–Trinajstić information content (AvgIpc) is 2.96. The predicted molar refractivity (Wildman–Crippen MR) is 85.7 cm³/mol. The van der Waals surface area contributed by atoms with Gasteiger partial charge in [-0.2, -0.15) is 0 Å². The van der Waals surface area contributed by atoms with E-state index in [0.717, 1.165) is 0 Å². The van der Waals surface area contributed by atoms with Crippen molar-refractivity contribution in [2.75, 3.05) is 12.4 Å². The number of carboxylic acids is 1. The van der Waals surface area contributed by atoms with Crippen molar-refractivity contribution in [3.05, 3.63) is 36.1 Å². The van der Waals surface area contributed by atoms with E-state index in [2.05, 4.69) is 5.32 Å². The summed E-state index contributed by atoms with van der Waals surface area (Å²) in [5.41, 5.74) is 1.17. The molecule has 1 aromatic carbocycles. The predicted octanol–water partition coefficient (Wildman–Crippen LogP) is 3.64. The van der Waals surface area contributed by atoms with E-state index in [1.807, 2.05) is 13.8 Å². The summed E-state index contributed by atoms with van der Waals surface area (Å²) in [4.78, 5) is 22.8. The number of methoxy groups -OCH3 is 1. The summed E-state index contributed by atoms with van der Waals surface area (Å²) in [6, 6.07) is 8.05. The van der Waals surface area contributed by atoms with Crippen LogP contribution in [0.25, 0.3) is 11.3 Å². The van der Waals surface area contributed by atoms with E-state index in [4.69, 9.17) is 14.3 Å². The number of aromatic carboxylic acids is 1. The first-order chi connectivity index (χ1) is 10.9. The number of benzene rings is 1. The minimum atomic E-state index is -1.14. The fourth-order valence-electron chi connectivity index (χ4n) is 2.16. The molecule has 0 saturated carbocycles. The molecule has 122 valence electrons. The summed E-state index contributed by atoms with van der Waals surface area (Å²) in [5, 5.41) is 11.8. The highest BCUT2D eigenvalue weighted by atomic mass is 16.5. The number of rotatable bonds is 6. The summed E-state index contributed by atoms with van der Waals surface area (Å²) in [7, 11) is 1.51. The van der Waals surface area contributed by atoms with Gasteiger partial charge in [0.25, 0.3) is 0 Å². The number of hydrogen-bond acceptors (Lipinski definition) is 4. The first-order valence-electron chi connectivity index (χ1n) is 7.22. The standard InChI is InChI=1S/C17H19NO5/c1-10(2)8-16(19)18-11-4-5-13(22-3)12(9-11)14-6-7-15(23-14)17(20)21/h4-7,9-10H,8H2,1-3H3,(H,18,19)(H,20,21). The molecule has 0 aliphatic rings. The first kappa shape index (κ1) is 16.6. The Hall–Kier alpha value is -2.76. The molecule has 6 heteroatoms. The third-order valence-electron chi connectivity index (χ3n) is 3.16. The summed E-state index contributed by atoms with van der Waals surface area (Å²) >= 11 is 0. The normalized spacial score (nSPS) is 10.6. The van der Waals surface area contributed by atoms with Gasteiger partial charge in [-0.25, -0.2) is 4.79 Å². The fourth-order valence-corrected chi connectivity index (χ4v) is 2.16. The van der Waals surface area contributed by atoms with E-state index < -0.39 is 5.97 Å². The number of anilines is 1. The number of furan rings is 1. The molecule has 2 N–H and O–H groups in total. The van der Waals surface area contributed by atoms with E-state index in [1.54, 1.807) is 24.3 Å². The number of amides is 1. The van der Waals surface area contributed by atoms with E-state index in [9.17, 15) is 9.59 Å². The number of ether oxygens (including phenoxy) is 1. The van der Waals surface area contributed by atoms with Crippen LogP contribution in [-0.4, -0.2) is 24.1 Å². The largest absolute Gasteiger partial charge is 0.496 e. The second-order valence-electron chi connectivity index (χ2n) is 5.53. The van der Waals surface area contributed by atoms with Gasteiger partial charge < -0.3 is 19.6 Å². The van der Waals surface area contributed by atoms with Crippen LogP contribution in [0.3, 0.4) is 0 Å². The lowest BCUT2D eigenvalue weighted by Gasteiger charge is -2.11. The molecule has 6 nitrogen and oxygen atoms in total. The van der Waals surface area contributed by atoms with Gasteiger partial charge in [-0.05, 0) is 36.2 Å². The van der Waals surface area contributed by atoms with Crippen molar-refractivity contribution < 1.29 is 23.8 Å². The lowest BCUT2D eigenvalue weighted by molar-refractivity contribution is -0.116. The van der Waals surface area contributed by atoms with Gasteiger partial charge in [0.2, 0.25) is 11.7 Å². The third-order valence-corrected chi connectivity index (χ3v) is 3.16. The Bertz CT molecular complexity index is 718. The molecule has 2 aromatic rings. The SMILES string of the molecule is COc1ccc(NC(=O)CC(C)C)cc1-c1ccc(C(=O)O)o1. The van der Waals surface area contributed by atoms with Gasteiger partial charge in [-0.1, -0.05) is 13.8 Å². The number of carbonyl (C=O) groups is 2. The number of hydrogen-bond donors (Lipinski definition) is 2. The molecule has 0 spiro atoms. The Morgan fingerprint density at radius 1 is 1.26 bits per heavy atom. The molecule has 0 aliphatic heterocycles. The lowest BCUT2D eigenvalue weighted by atomic mass is 10.1. The summed E-state index contributed by atoms with van der Waals surface area (Å²) in [6.07, 6.45) is 0.422. The molecule has 0 bridgehead atoms. The van der Waals surface area contributed by atoms with Gasteiger partial charge in [0, 0.05) is 12.1 Å². The van der Waals surface area contributed by atoms with E-state index in [0.29, 0.717) is 29.2 Å². The van der Waals surface area contributed by atoms with E-state index in [1.165, 1.54) is 13.2 Å². The molecule has 1 aromatic heterocycles. The average molecular weight is 317 g/mol. The van der Waals surface area contributed by atoms with Gasteiger partial charge in [0.15, 0.2) is 0 Å². The minimum Gasteiger partial charge on any atom is -0.496 e. The molecule has 0 fully saturated rings. The highest BCUT2D eigenvalue weighted by Gasteiger charge is 2.15. The Morgan fingerprint density at radius 3 is 2.57 bits per heavy atom. The number of carbonyl (C=O) groups excluding carboxylic acids is 1. The van der Waals surface area contributed by atoms with Crippen molar-refractivity contribution in [2.45, 2.75) is 20.3 Å². The molecule has 0 radical (unpaired) electrons. The highest BCUT2D eigenvalue weighted by molar-refractivity contribution is 5.92. The van der Waals surface area contributed by atoms with Crippen molar-refractivity contribution in [3.8, 4) is 17.1 Å². The molecule has 1 heterocycles. The summed E-state index contributed by atoms with van der Waals surface area (Å²) < 4.78 is 10.6. The molecule has 0 unspecified atom stereocenters. The van der Waals surface area contributed by atoms with Crippen LogP contribution in [0.2, 0.25) is 0 Å². The zero-order valence-corrected chi connectivity index (χ0v) is 13.3. The van der Waals surface area contributed by atoms with E-state index in [-0.39, 0.29) is 17.6 Å². The van der Waals surface area contributed by atoms with Gasteiger partial charge in [-0.3, -0.25) is 4.79 Å². The Kier molecular flexibility index (Phi) is 5.05. The second kappa shape index (κ2) is 7.00.